The molecule has 0 aliphatic carbocycles. The number of hydrogen-bond acceptors (Lipinski definition) is 2. The first-order chi connectivity index (χ1) is 8.22. The highest BCUT2D eigenvalue weighted by Crippen LogP contribution is 2.16. The lowest BCUT2D eigenvalue weighted by molar-refractivity contribution is 0.687. The van der Waals surface area contributed by atoms with Crippen molar-refractivity contribution in [2.45, 2.75) is 32.9 Å². The van der Waals surface area contributed by atoms with E-state index in [2.05, 4.69) is 41.6 Å². The van der Waals surface area contributed by atoms with Crippen molar-refractivity contribution >= 4 is 0 Å². The number of hydrogen-bond donors (Lipinski definition) is 1. The molecule has 2 N–H and O–H groups in total. The number of nitrogens with zero attached hydrogens (tertiary/aromatic N) is 2. The zero-order chi connectivity index (χ0) is 12.3. The van der Waals surface area contributed by atoms with Gasteiger partial charge in [0.25, 0.3) is 0 Å². The summed E-state index contributed by atoms with van der Waals surface area (Å²) in [7, 11) is 0. The van der Waals surface area contributed by atoms with Crippen molar-refractivity contribution in [2.75, 3.05) is 0 Å². The maximum absolute atomic E-state index is 5.75. The van der Waals surface area contributed by atoms with E-state index in [1.165, 1.54) is 16.8 Å². The molecular weight excluding hydrogens is 210 g/mol. The van der Waals surface area contributed by atoms with Crippen LogP contribution in [0.3, 0.4) is 0 Å². The van der Waals surface area contributed by atoms with Crippen LogP contribution in [0, 0.1) is 0 Å². The van der Waals surface area contributed by atoms with Gasteiger partial charge in [-0.15, -0.1) is 0 Å². The Morgan fingerprint density at radius 1 is 1.24 bits per heavy atom. The smallest absolute Gasteiger partial charge is 0.0951 e. The highest BCUT2D eigenvalue weighted by molar-refractivity contribution is 5.27. The Morgan fingerprint density at radius 2 is 1.94 bits per heavy atom. The number of imidazole rings is 1. The topological polar surface area (TPSA) is 43.8 Å². The summed E-state index contributed by atoms with van der Waals surface area (Å²) in [6.07, 6.45) is 3.83. The van der Waals surface area contributed by atoms with Crippen LogP contribution in [-0.4, -0.2) is 9.55 Å². The molecule has 1 heterocycles. The van der Waals surface area contributed by atoms with Gasteiger partial charge in [-0.25, -0.2) is 4.98 Å². The van der Waals surface area contributed by atoms with Crippen molar-refractivity contribution in [3.63, 3.8) is 0 Å². The Morgan fingerprint density at radius 3 is 2.59 bits per heavy atom. The molecule has 1 aromatic heterocycles. The van der Waals surface area contributed by atoms with Gasteiger partial charge in [0.15, 0.2) is 0 Å². The molecule has 0 fully saturated rings. The van der Waals surface area contributed by atoms with Gasteiger partial charge in [-0.05, 0) is 17.0 Å². The summed E-state index contributed by atoms with van der Waals surface area (Å²) in [6, 6.07) is 8.30. The van der Waals surface area contributed by atoms with Crippen LogP contribution < -0.4 is 5.73 Å². The first-order valence-electron chi connectivity index (χ1n) is 5.99. The van der Waals surface area contributed by atoms with E-state index in [9.17, 15) is 0 Å². The molecule has 17 heavy (non-hydrogen) atoms. The Balaban J connectivity index is 2.28. The summed E-state index contributed by atoms with van der Waals surface area (Å²) in [5.74, 6) is 0.488. The number of aromatic nitrogens is 2. The van der Waals surface area contributed by atoms with E-state index in [0.717, 1.165) is 6.54 Å². The minimum absolute atomic E-state index is 0.488. The van der Waals surface area contributed by atoms with Gasteiger partial charge in [0.2, 0.25) is 0 Å². The summed E-state index contributed by atoms with van der Waals surface area (Å²) in [6.45, 7) is 5.80. The summed E-state index contributed by atoms with van der Waals surface area (Å²) >= 11 is 0. The molecule has 0 spiro atoms. The molecule has 2 aromatic rings. The highest BCUT2D eigenvalue weighted by Gasteiger charge is 2.08. The zero-order valence-electron chi connectivity index (χ0n) is 10.4. The Kier molecular flexibility index (Phi) is 3.59. The lowest BCUT2D eigenvalue weighted by atomic mass is 10.1. The van der Waals surface area contributed by atoms with Crippen LogP contribution in [0.15, 0.2) is 36.8 Å². The molecule has 90 valence electrons. The summed E-state index contributed by atoms with van der Waals surface area (Å²) in [4.78, 5) is 4.23. The average molecular weight is 229 g/mol. The van der Waals surface area contributed by atoms with Crippen LogP contribution >= 0.6 is 0 Å². The monoisotopic (exact) mass is 229 g/mol. The molecule has 0 atom stereocenters. The van der Waals surface area contributed by atoms with Gasteiger partial charge in [0.05, 0.1) is 6.33 Å². The lowest BCUT2D eigenvalue weighted by Gasteiger charge is -2.13. The first-order valence-corrected chi connectivity index (χ1v) is 5.99. The van der Waals surface area contributed by atoms with Gasteiger partial charge in [-0.2, -0.15) is 0 Å². The second kappa shape index (κ2) is 5.15. The SMILES string of the molecule is CC(C)c1cncn1Cc1ccccc1CN. The largest absolute Gasteiger partial charge is 0.330 e. The zero-order valence-corrected chi connectivity index (χ0v) is 10.4. The van der Waals surface area contributed by atoms with Gasteiger partial charge < -0.3 is 10.3 Å². The van der Waals surface area contributed by atoms with Gasteiger partial charge in [0.1, 0.15) is 0 Å². The molecule has 0 unspecified atom stereocenters. The van der Waals surface area contributed by atoms with Gasteiger partial charge in [-0.1, -0.05) is 38.1 Å². The molecule has 0 saturated carbocycles. The third-order valence-corrected chi connectivity index (χ3v) is 3.02. The van der Waals surface area contributed by atoms with Crippen LogP contribution in [0.1, 0.15) is 36.6 Å². The summed E-state index contributed by atoms with van der Waals surface area (Å²) in [5, 5.41) is 0. The maximum Gasteiger partial charge on any atom is 0.0951 e. The van der Waals surface area contributed by atoms with E-state index in [4.69, 9.17) is 5.73 Å². The lowest BCUT2D eigenvalue weighted by Crippen LogP contribution is -2.08. The van der Waals surface area contributed by atoms with E-state index >= 15 is 0 Å². The van der Waals surface area contributed by atoms with Crippen molar-refractivity contribution in [2.24, 2.45) is 5.73 Å². The van der Waals surface area contributed by atoms with E-state index in [0.29, 0.717) is 12.5 Å². The molecule has 0 amide bonds. The highest BCUT2D eigenvalue weighted by atomic mass is 15.0. The van der Waals surface area contributed by atoms with Crippen LogP contribution in [0.2, 0.25) is 0 Å². The molecule has 1 aromatic carbocycles. The standard InChI is InChI=1S/C14H19N3/c1-11(2)14-8-16-10-17(14)9-13-6-4-3-5-12(13)7-15/h3-6,8,10-11H,7,9,15H2,1-2H3. The number of nitrogens with two attached hydrogens (primary N) is 1. The Hall–Kier alpha value is -1.61. The van der Waals surface area contributed by atoms with Gasteiger partial charge in [-0.3, -0.25) is 0 Å². The number of rotatable bonds is 4. The molecule has 2 rings (SSSR count). The Labute approximate surface area is 102 Å². The van der Waals surface area contributed by atoms with E-state index in [1.807, 2.05) is 18.6 Å². The molecule has 0 bridgehead atoms. The first kappa shape index (κ1) is 11.9. The third-order valence-electron chi connectivity index (χ3n) is 3.02. The predicted molar refractivity (Wildman–Crippen MR) is 69.8 cm³/mol. The number of benzene rings is 1. The Bertz CT molecular complexity index is 486. The fourth-order valence-corrected chi connectivity index (χ4v) is 2.04. The van der Waals surface area contributed by atoms with Crippen LogP contribution in [0.25, 0.3) is 0 Å². The summed E-state index contributed by atoms with van der Waals surface area (Å²) in [5.41, 5.74) is 9.49. The minimum Gasteiger partial charge on any atom is -0.330 e. The van der Waals surface area contributed by atoms with Crippen LogP contribution in [0.5, 0.6) is 0 Å². The maximum atomic E-state index is 5.75. The molecule has 0 aliphatic rings. The van der Waals surface area contributed by atoms with Gasteiger partial charge in [0, 0.05) is 25.0 Å². The third kappa shape index (κ3) is 2.56. The second-order valence-electron chi connectivity index (χ2n) is 4.57. The fourth-order valence-electron chi connectivity index (χ4n) is 2.04. The molecule has 3 heteroatoms. The normalized spacial score (nSPS) is 11.1. The molecular formula is C14H19N3. The van der Waals surface area contributed by atoms with E-state index < -0.39 is 0 Å². The molecule has 3 nitrogen and oxygen atoms in total. The minimum atomic E-state index is 0.488. The van der Waals surface area contributed by atoms with E-state index in [1.54, 1.807) is 0 Å². The van der Waals surface area contributed by atoms with Crippen molar-refractivity contribution in [3.8, 4) is 0 Å². The molecule has 0 saturated heterocycles. The summed E-state index contributed by atoms with van der Waals surface area (Å²) < 4.78 is 2.19. The van der Waals surface area contributed by atoms with E-state index in [-0.39, 0.29) is 0 Å². The predicted octanol–water partition coefficient (Wildman–Crippen LogP) is 2.51. The van der Waals surface area contributed by atoms with Crippen molar-refractivity contribution in [1.82, 2.24) is 9.55 Å². The van der Waals surface area contributed by atoms with Crippen molar-refractivity contribution in [3.05, 3.63) is 53.6 Å². The van der Waals surface area contributed by atoms with Crippen molar-refractivity contribution in [1.29, 1.82) is 0 Å². The fraction of sp³-hybridized carbons (Fsp3) is 0.357. The average Bonchev–Trinajstić information content (AvgIpc) is 2.78. The molecule has 0 aliphatic heterocycles. The second-order valence-corrected chi connectivity index (χ2v) is 4.57. The molecule has 0 radical (unpaired) electrons. The van der Waals surface area contributed by atoms with Crippen LogP contribution in [-0.2, 0) is 13.1 Å². The van der Waals surface area contributed by atoms with Crippen molar-refractivity contribution < 1.29 is 0 Å². The van der Waals surface area contributed by atoms with Gasteiger partial charge >= 0.3 is 0 Å². The quantitative estimate of drug-likeness (QED) is 0.875. The van der Waals surface area contributed by atoms with Crippen LogP contribution in [0.4, 0.5) is 0 Å².